The van der Waals surface area contributed by atoms with Crippen LogP contribution in [-0.2, 0) is 14.8 Å². The van der Waals surface area contributed by atoms with Crippen molar-refractivity contribution in [3.05, 3.63) is 0 Å². The van der Waals surface area contributed by atoms with Gasteiger partial charge in [-0.1, -0.05) is 39.0 Å². The van der Waals surface area contributed by atoms with E-state index in [1.54, 1.807) is 0 Å². The molecule has 0 heterocycles. The van der Waals surface area contributed by atoms with Gasteiger partial charge in [-0.3, -0.25) is 0 Å². The van der Waals surface area contributed by atoms with Gasteiger partial charge in [-0.05, 0) is 6.42 Å². The number of rotatable bonds is 11. The predicted octanol–water partition coefficient (Wildman–Crippen LogP) is -2.59. The van der Waals surface area contributed by atoms with E-state index < -0.39 is 16.0 Å². The normalized spacial score (nSPS) is 10.9. The van der Waals surface area contributed by atoms with Crippen LogP contribution in [0.3, 0.4) is 0 Å². The number of hydrogen-bond acceptors (Lipinski definition) is 4. The van der Waals surface area contributed by atoms with Crippen molar-refractivity contribution >= 4 is 16.0 Å². The van der Waals surface area contributed by atoms with E-state index in [-0.39, 0.29) is 70.1 Å². The van der Waals surface area contributed by atoms with Gasteiger partial charge in [0.15, 0.2) is 0 Å². The van der Waals surface area contributed by atoms with E-state index in [1.165, 1.54) is 12.8 Å². The third kappa shape index (κ3) is 15.1. The summed E-state index contributed by atoms with van der Waals surface area (Å²) in [6.45, 7) is 2.05. The Morgan fingerprint density at radius 2 is 1.67 bits per heavy atom. The SMILES string of the molecule is CCCCCCCCS(=O)(=O)NCCC(=O)[O-].[K+]. The summed E-state index contributed by atoms with van der Waals surface area (Å²) in [7, 11) is -3.31. The second-order valence-corrected chi connectivity index (χ2v) is 6.03. The molecule has 0 saturated heterocycles. The smallest absolute Gasteiger partial charge is 0.550 e. The van der Waals surface area contributed by atoms with Crippen LogP contribution in [0.5, 0.6) is 0 Å². The largest absolute Gasteiger partial charge is 1.00 e. The Kier molecular flexibility index (Phi) is 15.4. The maximum atomic E-state index is 11.4. The molecule has 0 rings (SSSR count). The summed E-state index contributed by atoms with van der Waals surface area (Å²) in [5.74, 6) is -1.17. The van der Waals surface area contributed by atoms with Gasteiger partial charge in [-0.2, -0.15) is 0 Å². The van der Waals surface area contributed by atoms with Gasteiger partial charge in [0.1, 0.15) is 0 Å². The van der Waals surface area contributed by atoms with Gasteiger partial charge in [0, 0.05) is 18.9 Å². The van der Waals surface area contributed by atoms with Crippen molar-refractivity contribution in [2.75, 3.05) is 12.3 Å². The van der Waals surface area contributed by atoms with Gasteiger partial charge in [0.2, 0.25) is 10.0 Å². The number of carbonyl (C=O) groups excluding carboxylic acids is 1. The average Bonchev–Trinajstić information content (AvgIpc) is 2.22. The molecule has 0 radical (unpaired) electrons. The first-order chi connectivity index (χ1) is 7.98. The predicted molar refractivity (Wildman–Crippen MR) is 64.8 cm³/mol. The van der Waals surface area contributed by atoms with Crippen molar-refractivity contribution < 1.29 is 69.7 Å². The number of aliphatic carboxylic acids is 1. The van der Waals surface area contributed by atoms with Crippen molar-refractivity contribution in [2.24, 2.45) is 0 Å². The molecule has 0 amide bonds. The summed E-state index contributed by atoms with van der Waals surface area (Å²) in [4.78, 5) is 10.1. The fraction of sp³-hybridized carbons (Fsp3) is 0.909. The molecule has 0 aromatic carbocycles. The van der Waals surface area contributed by atoms with Gasteiger partial charge >= 0.3 is 51.4 Å². The fourth-order valence-corrected chi connectivity index (χ4v) is 2.59. The van der Waals surface area contributed by atoms with Crippen LogP contribution < -0.4 is 61.2 Å². The minimum absolute atomic E-state index is 0. The maximum Gasteiger partial charge on any atom is 1.00 e. The van der Waals surface area contributed by atoms with Crippen LogP contribution >= 0.6 is 0 Å². The monoisotopic (exact) mass is 303 g/mol. The van der Waals surface area contributed by atoms with Gasteiger partial charge in [0.25, 0.3) is 0 Å². The first kappa shape index (κ1) is 21.3. The average molecular weight is 303 g/mol. The number of unbranched alkanes of at least 4 members (excludes halogenated alkanes) is 5. The Hall–Kier alpha value is 1.02. The second-order valence-electron chi connectivity index (χ2n) is 4.10. The van der Waals surface area contributed by atoms with Crippen molar-refractivity contribution in [1.29, 1.82) is 0 Å². The standard InChI is InChI=1S/C11H23NO4S.K/c1-2-3-4-5-6-7-10-17(15,16)12-9-8-11(13)14;/h12H,2-10H2,1H3,(H,13,14);/q;+1/p-1. The topological polar surface area (TPSA) is 86.3 Å². The molecule has 0 fully saturated rings. The van der Waals surface area contributed by atoms with Crippen molar-refractivity contribution in [3.63, 3.8) is 0 Å². The van der Waals surface area contributed by atoms with E-state index in [0.29, 0.717) is 6.42 Å². The van der Waals surface area contributed by atoms with Gasteiger partial charge < -0.3 is 9.90 Å². The number of hydrogen-bond donors (Lipinski definition) is 1. The molecule has 1 N–H and O–H groups in total. The first-order valence-corrected chi connectivity index (χ1v) is 7.80. The Labute approximate surface area is 153 Å². The molecule has 0 spiro atoms. The molecular weight excluding hydrogens is 281 g/mol. The van der Waals surface area contributed by atoms with Crippen LogP contribution in [0.1, 0.15) is 51.9 Å². The number of nitrogens with one attached hydrogen (secondary N) is 1. The van der Waals surface area contributed by atoms with E-state index in [4.69, 9.17) is 0 Å². The summed E-state index contributed by atoms with van der Waals surface area (Å²) in [5, 5.41) is 10.1. The van der Waals surface area contributed by atoms with Crippen molar-refractivity contribution in [3.8, 4) is 0 Å². The van der Waals surface area contributed by atoms with E-state index >= 15 is 0 Å². The molecule has 0 aliphatic heterocycles. The molecule has 0 aliphatic carbocycles. The zero-order valence-electron chi connectivity index (χ0n) is 11.4. The maximum absolute atomic E-state index is 11.4. The van der Waals surface area contributed by atoms with Crippen molar-refractivity contribution in [2.45, 2.75) is 51.9 Å². The number of sulfonamides is 1. The van der Waals surface area contributed by atoms with E-state index in [9.17, 15) is 18.3 Å². The summed E-state index contributed by atoms with van der Waals surface area (Å²) in [5.41, 5.74) is 0. The Morgan fingerprint density at radius 1 is 1.11 bits per heavy atom. The summed E-state index contributed by atoms with van der Waals surface area (Å²) >= 11 is 0. The molecule has 7 heteroatoms. The van der Waals surface area contributed by atoms with Gasteiger partial charge in [0.05, 0.1) is 5.75 Å². The summed E-state index contributed by atoms with van der Waals surface area (Å²) < 4.78 is 25.0. The van der Waals surface area contributed by atoms with Crippen LogP contribution in [0, 0.1) is 0 Å². The quantitative estimate of drug-likeness (QED) is 0.335. The van der Waals surface area contributed by atoms with Crippen LogP contribution in [0.15, 0.2) is 0 Å². The molecule has 5 nitrogen and oxygen atoms in total. The second kappa shape index (κ2) is 13.0. The van der Waals surface area contributed by atoms with Crippen LogP contribution in [0.2, 0.25) is 0 Å². The van der Waals surface area contributed by atoms with E-state index in [2.05, 4.69) is 11.6 Å². The Bertz CT molecular complexity index is 306. The molecular formula is C11H22KNO4S. The zero-order valence-corrected chi connectivity index (χ0v) is 15.3. The third-order valence-electron chi connectivity index (χ3n) is 2.42. The number of carboxylic acids is 1. The minimum atomic E-state index is -3.31. The van der Waals surface area contributed by atoms with E-state index in [0.717, 1.165) is 19.3 Å². The number of carboxylic acid groups (broad SMARTS) is 1. The molecule has 0 aromatic heterocycles. The zero-order chi connectivity index (χ0) is 13.1. The van der Waals surface area contributed by atoms with Crippen LogP contribution in [0.4, 0.5) is 0 Å². The summed E-state index contributed by atoms with van der Waals surface area (Å²) in [6, 6.07) is 0. The molecule has 0 aromatic rings. The van der Waals surface area contributed by atoms with Gasteiger partial charge in [-0.25, -0.2) is 13.1 Å². The molecule has 102 valence electrons. The molecule has 0 unspecified atom stereocenters. The van der Waals surface area contributed by atoms with E-state index in [1.807, 2.05) is 0 Å². The molecule has 0 atom stereocenters. The Balaban J connectivity index is 0. The third-order valence-corrected chi connectivity index (χ3v) is 3.89. The molecule has 0 aliphatic rings. The molecule has 0 bridgehead atoms. The molecule has 18 heavy (non-hydrogen) atoms. The van der Waals surface area contributed by atoms with Gasteiger partial charge in [-0.15, -0.1) is 0 Å². The minimum Gasteiger partial charge on any atom is -0.550 e. The number of carbonyl (C=O) groups is 1. The van der Waals surface area contributed by atoms with Crippen LogP contribution in [-0.4, -0.2) is 26.7 Å². The summed E-state index contributed by atoms with van der Waals surface area (Å²) in [6.07, 6.45) is 5.82. The fourth-order valence-electron chi connectivity index (χ4n) is 1.45. The first-order valence-electron chi connectivity index (χ1n) is 6.15. The van der Waals surface area contributed by atoms with Crippen LogP contribution in [0.25, 0.3) is 0 Å². The Morgan fingerprint density at radius 3 is 2.22 bits per heavy atom. The van der Waals surface area contributed by atoms with Crippen molar-refractivity contribution in [1.82, 2.24) is 4.72 Å². The molecule has 0 saturated carbocycles.